The Labute approximate surface area is 109 Å². The number of benzene rings is 1. The first-order valence-corrected chi connectivity index (χ1v) is 6.65. The predicted molar refractivity (Wildman–Crippen MR) is 66.1 cm³/mol. The van der Waals surface area contributed by atoms with E-state index >= 15 is 0 Å². The van der Waals surface area contributed by atoms with Crippen molar-refractivity contribution in [1.29, 1.82) is 0 Å². The summed E-state index contributed by atoms with van der Waals surface area (Å²) < 4.78 is 28.7. The number of nitrogens with one attached hydrogen (secondary N) is 1. The number of aryl methyl sites for hydroxylation is 1. The zero-order valence-electron chi connectivity index (χ0n) is 9.95. The van der Waals surface area contributed by atoms with Gasteiger partial charge >= 0.3 is 10.1 Å². The molecule has 0 atom stereocenters. The van der Waals surface area contributed by atoms with Crippen LogP contribution >= 0.6 is 0 Å². The SMILES string of the molecule is Cc1ccc(S(=O)(=O)Oc2nc[nH]c2C(N)=O)cc1. The third-order valence-electron chi connectivity index (χ3n) is 2.35. The van der Waals surface area contributed by atoms with E-state index in [0.717, 1.165) is 11.9 Å². The fourth-order valence-electron chi connectivity index (χ4n) is 1.38. The first-order chi connectivity index (χ1) is 8.90. The van der Waals surface area contributed by atoms with Gasteiger partial charge in [0.05, 0.1) is 6.33 Å². The molecule has 0 saturated carbocycles. The average Bonchev–Trinajstić information content (AvgIpc) is 2.77. The smallest absolute Gasteiger partial charge is 0.340 e. The Kier molecular flexibility index (Phi) is 3.26. The van der Waals surface area contributed by atoms with Crippen LogP contribution in [0.1, 0.15) is 16.1 Å². The summed E-state index contributed by atoms with van der Waals surface area (Å²) in [5, 5.41) is 0. The second-order valence-corrected chi connectivity index (χ2v) is 5.34. The molecule has 0 unspecified atom stereocenters. The zero-order valence-corrected chi connectivity index (χ0v) is 10.8. The molecule has 1 aromatic heterocycles. The Balaban J connectivity index is 2.34. The summed E-state index contributed by atoms with van der Waals surface area (Å²) in [6.45, 7) is 1.83. The van der Waals surface area contributed by atoms with Crippen molar-refractivity contribution in [1.82, 2.24) is 9.97 Å². The number of aromatic nitrogens is 2. The van der Waals surface area contributed by atoms with E-state index in [-0.39, 0.29) is 16.5 Å². The summed E-state index contributed by atoms with van der Waals surface area (Å²) >= 11 is 0. The lowest BCUT2D eigenvalue weighted by Crippen LogP contribution is -2.16. The van der Waals surface area contributed by atoms with E-state index in [9.17, 15) is 13.2 Å². The Morgan fingerprint density at radius 1 is 1.32 bits per heavy atom. The molecule has 2 rings (SSSR count). The molecule has 0 aliphatic heterocycles. The van der Waals surface area contributed by atoms with E-state index in [1.165, 1.54) is 12.1 Å². The van der Waals surface area contributed by atoms with Crippen LogP contribution in [0.3, 0.4) is 0 Å². The van der Waals surface area contributed by atoms with Crippen LogP contribution in [0.2, 0.25) is 0 Å². The number of carbonyl (C=O) groups excluding carboxylic acids is 1. The number of nitrogens with two attached hydrogens (primary N) is 1. The molecule has 0 radical (unpaired) electrons. The summed E-state index contributed by atoms with van der Waals surface area (Å²) in [7, 11) is -4.05. The van der Waals surface area contributed by atoms with Gasteiger partial charge in [-0.1, -0.05) is 17.7 Å². The van der Waals surface area contributed by atoms with E-state index in [0.29, 0.717) is 0 Å². The number of nitrogens with zero attached hydrogens (tertiary/aromatic N) is 1. The van der Waals surface area contributed by atoms with Gasteiger partial charge in [-0.2, -0.15) is 8.42 Å². The van der Waals surface area contributed by atoms with Crippen LogP contribution in [-0.4, -0.2) is 24.3 Å². The van der Waals surface area contributed by atoms with E-state index in [4.69, 9.17) is 9.92 Å². The van der Waals surface area contributed by atoms with E-state index in [1.807, 2.05) is 6.92 Å². The van der Waals surface area contributed by atoms with Gasteiger partial charge in [0.25, 0.3) is 11.8 Å². The lowest BCUT2D eigenvalue weighted by atomic mass is 10.2. The quantitative estimate of drug-likeness (QED) is 0.795. The number of carbonyl (C=O) groups is 1. The number of rotatable bonds is 4. The van der Waals surface area contributed by atoms with Gasteiger partial charge < -0.3 is 14.9 Å². The normalized spacial score (nSPS) is 11.2. The topological polar surface area (TPSA) is 115 Å². The summed E-state index contributed by atoms with van der Waals surface area (Å²) in [5.74, 6) is -1.22. The summed E-state index contributed by atoms with van der Waals surface area (Å²) in [4.78, 5) is 17.0. The highest BCUT2D eigenvalue weighted by Crippen LogP contribution is 2.19. The Bertz CT molecular complexity index is 704. The maximum absolute atomic E-state index is 12.0. The first-order valence-electron chi connectivity index (χ1n) is 5.24. The fraction of sp³-hybridized carbons (Fsp3) is 0.0909. The minimum Gasteiger partial charge on any atom is -0.364 e. The summed E-state index contributed by atoms with van der Waals surface area (Å²) in [6.07, 6.45) is 1.13. The van der Waals surface area contributed by atoms with Gasteiger partial charge in [-0.15, -0.1) is 0 Å². The minimum atomic E-state index is -4.05. The van der Waals surface area contributed by atoms with Crippen molar-refractivity contribution < 1.29 is 17.4 Å². The number of hydrogen-bond acceptors (Lipinski definition) is 5. The maximum Gasteiger partial charge on any atom is 0.340 e. The molecule has 2 aromatic rings. The van der Waals surface area contributed by atoms with Crippen molar-refractivity contribution in [2.45, 2.75) is 11.8 Å². The molecule has 0 spiro atoms. The molecule has 7 nitrogen and oxygen atoms in total. The number of amides is 1. The number of H-pyrrole nitrogens is 1. The number of hydrogen-bond donors (Lipinski definition) is 2. The highest BCUT2D eigenvalue weighted by Gasteiger charge is 2.22. The Hall–Kier alpha value is -2.35. The standard InChI is InChI=1S/C11H11N3O4S/c1-7-2-4-8(5-3-7)19(16,17)18-11-9(10(12)15)13-6-14-11/h2-6H,1H3,(H2,12,15)(H,13,14). The van der Waals surface area contributed by atoms with Crippen molar-refractivity contribution in [3.63, 3.8) is 0 Å². The Morgan fingerprint density at radius 3 is 2.53 bits per heavy atom. The molecule has 19 heavy (non-hydrogen) atoms. The maximum atomic E-state index is 12.0. The lowest BCUT2D eigenvalue weighted by molar-refractivity contribution is 0.0994. The molecule has 0 aliphatic carbocycles. The van der Waals surface area contributed by atoms with Gasteiger partial charge in [0, 0.05) is 0 Å². The van der Waals surface area contributed by atoms with Gasteiger partial charge in [-0.3, -0.25) is 4.79 Å². The molecule has 0 aliphatic rings. The van der Waals surface area contributed by atoms with E-state index < -0.39 is 16.0 Å². The molecule has 1 amide bonds. The number of imidazole rings is 1. The van der Waals surface area contributed by atoms with E-state index in [2.05, 4.69) is 9.97 Å². The van der Waals surface area contributed by atoms with Crippen LogP contribution in [-0.2, 0) is 10.1 Å². The third-order valence-corrected chi connectivity index (χ3v) is 3.58. The van der Waals surface area contributed by atoms with Crippen molar-refractivity contribution in [2.75, 3.05) is 0 Å². The van der Waals surface area contributed by atoms with Crippen LogP contribution in [0.5, 0.6) is 5.88 Å². The molecule has 3 N–H and O–H groups in total. The highest BCUT2D eigenvalue weighted by molar-refractivity contribution is 7.87. The van der Waals surface area contributed by atoms with Crippen molar-refractivity contribution >= 4 is 16.0 Å². The molecule has 0 fully saturated rings. The van der Waals surface area contributed by atoms with Crippen LogP contribution in [0.4, 0.5) is 0 Å². The second-order valence-electron chi connectivity index (χ2n) is 3.80. The van der Waals surface area contributed by atoms with Gasteiger partial charge in [0.15, 0.2) is 5.69 Å². The number of primary amides is 1. The average molecular weight is 281 g/mol. The van der Waals surface area contributed by atoms with Crippen LogP contribution in [0.25, 0.3) is 0 Å². The first kappa shape index (κ1) is 13.1. The van der Waals surface area contributed by atoms with Crippen LogP contribution in [0, 0.1) is 6.92 Å². The molecule has 100 valence electrons. The monoisotopic (exact) mass is 281 g/mol. The van der Waals surface area contributed by atoms with Crippen LogP contribution in [0.15, 0.2) is 35.5 Å². The highest BCUT2D eigenvalue weighted by atomic mass is 32.2. The number of aromatic amines is 1. The minimum absolute atomic E-state index is 0.0310. The molecule has 0 saturated heterocycles. The molecular weight excluding hydrogens is 270 g/mol. The molecule has 0 bridgehead atoms. The molecule has 1 aromatic carbocycles. The summed E-state index contributed by atoms with van der Waals surface area (Å²) in [5.41, 5.74) is 5.77. The third kappa shape index (κ3) is 2.74. The zero-order chi connectivity index (χ0) is 14.0. The second kappa shape index (κ2) is 4.73. The molecule has 8 heteroatoms. The van der Waals surface area contributed by atoms with Crippen molar-refractivity contribution in [3.05, 3.63) is 41.9 Å². The Morgan fingerprint density at radius 2 is 1.95 bits per heavy atom. The van der Waals surface area contributed by atoms with Crippen molar-refractivity contribution in [2.24, 2.45) is 5.73 Å². The van der Waals surface area contributed by atoms with Gasteiger partial charge in [0.1, 0.15) is 4.90 Å². The van der Waals surface area contributed by atoms with Crippen molar-refractivity contribution in [3.8, 4) is 5.88 Å². The molecule has 1 heterocycles. The van der Waals surface area contributed by atoms with Gasteiger partial charge in [0.2, 0.25) is 0 Å². The van der Waals surface area contributed by atoms with Gasteiger partial charge in [-0.05, 0) is 19.1 Å². The van der Waals surface area contributed by atoms with Gasteiger partial charge in [-0.25, -0.2) is 4.98 Å². The molecular formula is C11H11N3O4S. The van der Waals surface area contributed by atoms with Crippen LogP contribution < -0.4 is 9.92 Å². The fourth-order valence-corrected chi connectivity index (χ4v) is 2.28. The largest absolute Gasteiger partial charge is 0.364 e. The predicted octanol–water partition coefficient (Wildman–Crippen LogP) is 0.585. The lowest BCUT2D eigenvalue weighted by Gasteiger charge is -2.05. The summed E-state index contributed by atoms with van der Waals surface area (Å²) in [6, 6.07) is 6.08. The van der Waals surface area contributed by atoms with E-state index in [1.54, 1.807) is 12.1 Å².